The number of carbonyl (C=O) groups excluding carboxylic acids is 1. The Morgan fingerprint density at radius 1 is 1.25 bits per heavy atom. The molecule has 2 aliphatic carbocycles. The van der Waals surface area contributed by atoms with E-state index >= 15 is 0 Å². The largest absolute Gasteiger partial charge is 0.351 e. The highest BCUT2D eigenvalue weighted by Gasteiger charge is 2.43. The first-order valence-corrected chi connectivity index (χ1v) is 15.0. The normalized spacial score (nSPS) is 30.4. The average Bonchev–Trinajstić information content (AvgIpc) is 3.56. The molecule has 6 atom stereocenters. The first-order chi connectivity index (χ1) is 15.3. The number of nitrogens with one attached hydrogen (secondary N) is 1. The maximum absolute atomic E-state index is 12.8. The summed E-state index contributed by atoms with van der Waals surface area (Å²) < 4.78 is 25.7. The van der Waals surface area contributed by atoms with Crippen LogP contribution in [0.15, 0.2) is 22.7 Å². The van der Waals surface area contributed by atoms with Gasteiger partial charge in [-0.05, 0) is 68.7 Å². The summed E-state index contributed by atoms with van der Waals surface area (Å²) >= 11 is 3.08. The van der Waals surface area contributed by atoms with Crippen LogP contribution in [0.2, 0.25) is 0 Å². The van der Waals surface area contributed by atoms with Crippen molar-refractivity contribution in [2.75, 3.05) is 11.5 Å². The second-order valence-corrected chi connectivity index (χ2v) is 14.1. The lowest BCUT2D eigenvalue weighted by Gasteiger charge is -2.30. The number of nitrogens with zero attached hydrogens (tertiary/aromatic N) is 3. The molecule has 3 fully saturated rings. The van der Waals surface area contributed by atoms with Gasteiger partial charge in [0, 0.05) is 12.1 Å². The Labute approximate surface area is 197 Å². The van der Waals surface area contributed by atoms with Gasteiger partial charge in [-0.1, -0.05) is 24.2 Å². The van der Waals surface area contributed by atoms with Crippen molar-refractivity contribution in [1.29, 1.82) is 0 Å². The lowest BCUT2D eigenvalue weighted by molar-refractivity contribution is -0.120. The Morgan fingerprint density at radius 2 is 2.09 bits per heavy atom. The molecule has 0 spiro atoms. The maximum Gasteiger partial charge on any atom is 0.233 e. The van der Waals surface area contributed by atoms with Crippen molar-refractivity contribution in [1.82, 2.24) is 20.1 Å². The molecular weight excluding hydrogens is 464 g/mol. The van der Waals surface area contributed by atoms with Gasteiger partial charge in [0.05, 0.1) is 21.6 Å². The second-order valence-electron chi connectivity index (χ2n) is 9.60. The highest BCUT2D eigenvalue weighted by Crippen LogP contribution is 2.53. The fourth-order valence-corrected chi connectivity index (χ4v) is 9.14. The highest BCUT2D eigenvalue weighted by molar-refractivity contribution is 8.00. The summed E-state index contributed by atoms with van der Waals surface area (Å²) in [5.41, 5.74) is 0. The lowest BCUT2D eigenvalue weighted by atomic mass is 9.84. The fraction of sp³-hybridized carbons (Fsp3) is 0.682. The summed E-state index contributed by atoms with van der Waals surface area (Å²) in [5, 5.41) is 14.4. The number of hydrogen-bond donors (Lipinski definition) is 1. The van der Waals surface area contributed by atoms with Crippen molar-refractivity contribution in [3.8, 4) is 10.7 Å². The zero-order valence-electron chi connectivity index (χ0n) is 18.4. The molecule has 1 aliphatic heterocycles. The number of thiophene rings is 1. The van der Waals surface area contributed by atoms with Gasteiger partial charge in [-0.2, -0.15) is 0 Å². The van der Waals surface area contributed by atoms with Crippen molar-refractivity contribution >= 4 is 38.8 Å². The van der Waals surface area contributed by atoms with Crippen LogP contribution in [0.3, 0.4) is 0 Å². The van der Waals surface area contributed by atoms with Crippen LogP contribution in [0, 0.1) is 17.8 Å². The molecule has 3 heterocycles. The van der Waals surface area contributed by atoms with E-state index in [1.807, 2.05) is 13.0 Å². The van der Waals surface area contributed by atoms with Crippen LogP contribution in [0.25, 0.3) is 10.7 Å². The standard InChI is InChI=1S/C22H30N4O3S3/c1-13(18-11-15-5-6-16(18)10-15)26-20(19-4-3-8-30-19)24-25-22(26)31-14(2)21(27)23-17-7-9-32(28,29)12-17/h3-4,8,13-18H,5-7,9-12H2,1-2H3,(H,23,27). The Hall–Kier alpha value is -1.39. The number of hydrogen-bond acceptors (Lipinski definition) is 7. The van der Waals surface area contributed by atoms with E-state index < -0.39 is 9.84 Å². The summed E-state index contributed by atoms with van der Waals surface area (Å²) in [4.78, 5) is 13.9. The van der Waals surface area contributed by atoms with Gasteiger partial charge in [-0.3, -0.25) is 9.36 Å². The quantitative estimate of drug-likeness (QED) is 0.589. The minimum atomic E-state index is -3.03. The SMILES string of the molecule is CC(Sc1nnc(-c2cccs2)n1C(C)C1CC2CCC1C2)C(=O)NC1CCS(=O)(=O)C1. The van der Waals surface area contributed by atoms with Crippen LogP contribution in [-0.2, 0) is 14.6 Å². The molecule has 6 unspecified atom stereocenters. The van der Waals surface area contributed by atoms with Crippen molar-refractivity contribution in [3.63, 3.8) is 0 Å². The molecule has 32 heavy (non-hydrogen) atoms. The number of carbonyl (C=O) groups is 1. The van der Waals surface area contributed by atoms with Crippen LogP contribution < -0.4 is 5.32 Å². The Kier molecular flexibility index (Phi) is 6.13. The van der Waals surface area contributed by atoms with E-state index in [0.717, 1.165) is 27.7 Å². The number of sulfone groups is 1. The minimum Gasteiger partial charge on any atom is -0.351 e. The van der Waals surface area contributed by atoms with Gasteiger partial charge >= 0.3 is 0 Å². The molecule has 0 radical (unpaired) electrons. The third-order valence-electron chi connectivity index (χ3n) is 7.46. The number of fused-ring (bicyclic) bond motifs is 2. The zero-order valence-corrected chi connectivity index (χ0v) is 20.9. The first kappa shape index (κ1) is 22.4. The predicted molar refractivity (Wildman–Crippen MR) is 128 cm³/mol. The van der Waals surface area contributed by atoms with E-state index in [1.165, 1.54) is 37.4 Å². The monoisotopic (exact) mass is 494 g/mol. The Balaban J connectivity index is 1.36. The molecule has 1 saturated heterocycles. The van der Waals surface area contributed by atoms with Gasteiger partial charge < -0.3 is 5.32 Å². The van der Waals surface area contributed by atoms with Crippen molar-refractivity contribution in [3.05, 3.63) is 17.5 Å². The van der Waals surface area contributed by atoms with E-state index in [4.69, 9.17) is 0 Å². The molecule has 174 valence electrons. The Morgan fingerprint density at radius 3 is 2.72 bits per heavy atom. The smallest absolute Gasteiger partial charge is 0.233 e. The van der Waals surface area contributed by atoms with Crippen LogP contribution >= 0.6 is 23.1 Å². The zero-order chi connectivity index (χ0) is 22.5. The molecule has 2 aromatic rings. The summed E-state index contributed by atoms with van der Waals surface area (Å²) in [6.07, 6.45) is 5.79. The van der Waals surface area contributed by atoms with Gasteiger partial charge in [0.15, 0.2) is 20.8 Å². The summed E-state index contributed by atoms with van der Waals surface area (Å²) in [6.45, 7) is 4.14. The third-order valence-corrected chi connectivity index (χ3v) is 11.1. The number of rotatable bonds is 7. The van der Waals surface area contributed by atoms with Crippen LogP contribution in [-0.4, -0.2) is 51.9 Å². The van der Waals surface area contributed by atoms with E-state index in [1.54, 1.807) is 11.3 Å². The topological polar surface area (TPSA) is 93.9 Å². The number of aromatic nitrogens is 3. The molecule has 1 N–H and O–H groups in total. The molecule has 0 aromatic carbocycles. The predicted octanol–water partition coefficient (Wildman–Crippen LogP) is 3.79. The molecular formula is C22H30N4O3S3. The molecule has 10 heteroatoms. The highest BCUT2D eigenvalue weighted by atomic mass is 32.2. The molecule has 5 rings (SSSR count). The van der Waals surface area contributed by atoms with E-state index in [-0.39, 0.29) is 34.7 Å². The fourth-order valence-electron chi connectivity index (χ4n) is 5.81. The molecule has 3 aliphatic rings. The Bertz CT molecular complexity index is 1080. The van der Waals surface area contributed by atoms with Crippen LogP contribution in [0.1, 0.15) is 52.0 Å². The van der Waals surface area contributed by atoms with Gasteiger partial charge in [-0.15, -0.1) is 21.5 Å². The van der Waals surface area contributed by atoms with Crippen molar-refractivity contribution in [2.24, 2.45) is 17.8 Å². The summed E-state index contributed by atoms with van der Waals surface area (Å²) in [5.74, 6) is 3.18. The lowest BCUT2D eigenvalue weighted by Crippen LogP contribution is -2.40. The molecule has 2 bridgehead atoms. The van der Waals surface area contributed by atoms with Crippen LogP contribution in [0.5, 0.6) is 0 Å². The number of thioether (sulfide) groups is 1. The maximum atomic E-state index is 12.8. The van der Waals surface area contributed by atoms with Crippen molar-refractivity contribution in [2.45, 2.75) is 68.4 Å². The van der Waals surface area contributed by atoms with Gasteiger partial charge in [0.1, 0.15) is 0 Å². The van der Waals surface area contributed by atoms with Crippen molar-refractivity contribution < 1.29 is 13.2 Å². The van der Waals surface area contributed by atoms with Gasteiger partial charge in [0.2, 0.25) is 5.91 Å². The molecule has 7 nitrogen and oxygen atoms in total. The van der Waals surface area contributed by atoms with E-state index in [0.29, 0.717) is 12.3 Å². The molecule has 2 aromatic heterocycles. The second kappa shape index (κ2) is 8.76. The van der Waals surface area contributed by atoms with Gasteiger partial charge in [-0.25, -0.2) is 8.42 Å². The summed E-state index contributed by atoms with van der Waals surface area (Å²) in [7, 11) is -3.03. The number of amides is 1. The van der Waals surface area contributed by atoms with E-state index in [9.17, 15) is 13.2 Å². The third kappa shape index (κ3) is 4.37. The molecule has 1 amide bonds. The summed E-state index contributed by atoms with van der Waals surface area (Å²) in [6, 6.07) is 4.09. The molecule has 2 saturated carbocycles. The first-order valence-electron chi connectivity index (χ1n) is 11.5. The average molecular weight is 495 g/mol. The van der Waals surface area contributed by atoms with Crippen LogP contribution in [0.4, 0.5) is 0 Å². The minimum absolute atomic E-state index is 0.0378. The van der Waals surface area contributed by atoms with E-state index in [2.05, 4.69) is 38.5 Å². The van der Waals surface area contributed by atoms with Gasteiger partial charge in [0.25, 0.3) is 0 Å².